The highest BCUT2D eigenvalue weighted by molar-refractivity contribution is 7.92. The highest BCUT2D eigenvalue weighted by atomic mass is 32.2. The van der Waals surface area contributed by atoms with Crippen molar-refractivity contribution in [3.63, 3.8) is 0 Å². The second kappa shape index (κ2) is 9.05. The Morgan fingerprint density at radius 1 is 0.900 bits per heavy atom. The second-order valence-electron chi connectivity index (χ2n) is 5.96. The summed E-state index contributed by atoms with van der Waals surface area (Å²) in [6.45, 7) is 0. The molecule has 3 rings (SSSR count). The maximum absolute atomic E-state index is 12.7. The van der Waals surface area contributed by atoms with E-state index in [1.54, 1.807) is 36.4 Å². The number of carbonyl (C=O) groups is 2. The van der Waals surface area contributed by atoms with Crippen LogP contribution in [0.1, 0.15) is 20.8 Å². The number of hydrogen-bond acceptors (Lipinski definition) is 6. The number of benzene rings is 2. The maximum Gasteiger partial charge on any atom is 0.288 e. The monoisotopic (exact) mass is 426 g/mol. The zero-order chi connectivity index (χ0) is 21.6. The molecule has 0 aliphatic heterocycles. The van der Waals surface area contributed by atoms with Crippen molar-refractivity contribution in [1.82, 2.24) is 15.8 Å². The van der Waals surface area contributed by atoms with Crippen LogP contribution < -0.4 is 20.3 Å². The van der Waals surface area contributed by atoms with Crippen LogP contribution in [0.15, 0.2) is 77.8 Å². The lowest BCUT2D eigenvalue weighted by Gasteiger charge is -2.12. The molecule has 10 heteroatoms. The Morgan fingerprint density at radius 3 is 2.37 bits per heavy atom. The van der Waals surface area contributed by atoms with Crippen LogP contribution in [-0.4, -0.2) is 32.3 Å². The van der Waals surface area contributed by atoms with Crippen LogP contribution in [0, 0.1) is 0 Å². The van der Waals surface area contributed by atoms with Gasteiger partial charge in [-0.15, -0.1) is 0 Å². The first-order valence-electron chi connectivity index (χ1n) is 8.68. The standard InChI is InChI=1S/C20H18N4O5S/c1-29-18-11-3-2-9-16(18)24-30(27,28)15-8-6-7-14(13-15)19(25)22-23-20(26)17-10-4-5-12-21-17/h2-13,24H,1H3,(H,22,25)(H,23,26). The SMILES string of the molecule is COc1ccccc1NS(=O)(=O)c1cccc(C(=O)NNC(=O)c2ccccn2)c1. The van der Waals surface area contributed by atoms with E-state index in [9.17, 15) is 18.0 Å². The van der Waals surface area contributed by atoms with E-state index >= 15 is 0 Å². The summed E-state index contributed by atoms with van der Waals surface area (Å²) in [5.74, 6) is -0.939. The Labute approximate surface area is 173 Å². The quantitative estimate of drug-likeness (QED) is 0.517. The summed E-state index contributed by atoms with van der Waals surface area (Å²) in [4.78, 5) is 28.0. The average Bonchev–Trinajstić information content (AvgIpc) is 2.78. The van der Waals surface area contributed by atoms with Crippen LogP contribution in [0.3, 0.4) is 0 Å². The summed E-state index contributed by atoms with van der Waals surface area (Å²) >= 11 is 0. The van der Waals surface area contributed by atoms with Crippen LogP contribution in [0.4, 0.5) is 5.69 Å². The zero-order valence-electron chi connectivity index (χ0n) is 15.8. The summed E-state index contributed by atoms with van der Waals surface area (Å²) < 4.78 is 33.0. The molecule has 2 amide bonds. The number of rotatable bonds is 6. The number of para-hydroxylation sites is 2. The van der Waals surface area contributed by atoms with Gasteiger partial charge in [-0.2, -0.15) is 0 Å². The largest absolute Gasteiger partial charge is 0.495 e. The van der Waals surface area contributed by atoms with E-state index in [0.717, 1.165) is 0 Å². The topological polar surface area (TPSA) is 126 Å². The van der Waals surface area contributed by atoms with Gasteiger partial charge in [0.25, 0.3) is 21.8 Å². The van der Waals surface area contributed by atoms with Crippen molar-refractivity contribution in [2.45, 2.75) is 4.90 Å². The number of aromatic nitrogens is 1. The predicted octanol–water partition coefficient (Wildman–Crippen LogP) is 1.97. The molecule has 0 atom stereocenters. The molecule has 0 radical (unpaired) electrons. The molecule has 1 heterocycles. The number of methoxy groups -OCH3 is 1. The zero-order valence-corrected chi connectivity index (χ0v) is 16.6. The number of nitrogens with one attached hydrogen (secondary N) is 3. The number of pyridine rings is 1. The molecule has 3 aromatic rings. The van der Waals surface area contributed by atoms with Gasteiger partial charge in [0.2, 0.25) is 0 Å². The normalized spacial score (nSPS) is 10.7. The Balaban J connectivity index is 1.73. The lowest BCUT2D eigenvalue weighted by atomic mass is 10.2. The van der Waals surface area contributed by atoms with Crippen molar-refractivity contribution in [1.29, 1.82) is 0 Å². The van der Waals surface area contributed by atoms with E-state index in [1.807, 2.05) is 0 Å². The van der Waals surface area contributed by atoms with Crippen LogP contribution in [-0.2, 0) is 10.0 Å². The molecule has 0 aliphatic rings. The van der Waals surface area contributed by atoms with Gasteiger partial charge < -0.3 is 4.74 Å². The minimum atomic E-state index is -3.98. The summed E-state index contributed by atoms with van der Waals surface area (Å²) in [7, 11) is -2.56. The van der Waals surface area contributed by atoms with Crippen LogP contribution >= 0.6 is 0 Å². The van der Waals surface area contributed by atoms with Gasteiger partial charge in [-0.25, -0.2) is 8.42 Å². The minimum Gasteiger partial charge on any atom is -0.495 e. The summed E-state index contributed by atoms with van der Waals surface area (Å²) in [6.07, 6.45) is 1.44. The van der Waals surface area contributed by atoms with Gasteiger partial charge in [-0.1, -0.05) is 24.3 Å². The van der Waals surface area contributed by atoms with E-state index < -0.39 is 21.8 Å². The van der Waals surface area contributed by atoms with Gasteiger partial charge in [0.1, 0.15) is 11.4 Å². The van der Waals surface area contributed by atoms with E-state index in [1.165, 1.54) is 43.6 Å². The van der Waals surface area contributed by atoms with Gasteiger partial charge in [-0.3, -0.25) is 30.1 Å². The first-order chi connectivity index (χ1) is 14.4. The molecule has 0 aliphatic carbocycles. The third-order valence-electron chi connectivity index (χ3n) is 3.94. The van der Waals surface area contributed by atoms with Gasteiger partial charge in [0.15, 0.2) is 0 Å². The molecular formula is C20H18N4O5S. The molecule has 154 valence electrons. The van der Waals surface area contributed by atoms with E-state index in [0.29, 0.717) is 5.75 Å². The van der Waals surface area contributed by atoms with Crippen LogP contribution in [0.5, 0.6) is 5.75 Å². The first-order valence-corrected chi connectivity index (χ1v) is 10.2. The molecule has 2 aromatic carbocycles. The number of hydrogen-bond donors (Lipinski definition) is 3. The number of ether oxygens (including phenoxy) is 1. The van der Waals surface area contributed by atoms with Gasteiger partial charge in [0, 0.05) is 11.8 Å². The molecule has 0 bridgehead atoms. The molecule has 3 N–H and O–H groups in total. The highest BCUT2D eigenvalue weighted by Crippen LogP contribution is 2.26. The van der Waals surface area contributed by atoms with Crippen LogP contribution in [0.2, 0.25) is 0 Å². The Kier molecular flexibility index (Phi) is 6.28. The molecule has 0 saturated carbocycles. The molecule has 0 unspecified atom stereocenters. The number of nitrogens with zero attached hydrogens (tertiary/aromatic N) is 1. The average molecular weight is 426 g/mol. The van der Waals surface area contributed by atoms with E-state index in [4.69, 9.17) is 4.74 Å². The van der Waals surface area contributed by atoms with Gasteiger partial charge >= 0.3 is 0 Å². The molecule has 1 aromatic heterocycles. The smallest absolute Gasteiger partial charge is 0.288 e. The fraction of sp³-hybridized carbons (Fsp3) is 0.0500. The number of hydrazine groups is 1. The third-order valence-corrected chi connectivity index (χ3v) is 5.31. The summed E-state index contributed by atoms with van der Waals surface area (Å²) in [6, 6.07) is 16.7. The van der Waals surface area contributed by atoms with Crippen LogP contribution in [0.25, 0.3) is 0 Å². The molecule has 0 spiro atoms. The van der Waals surface area contributed by atoms with Crippen molar-refractivity contribution in [3.8, 4) is 5.75 Å². The lowest BCUT2D eigenvalue weighted by molar-refractivity contribution is 0.0844. The number of carbonyl (C=O) groups excluding carboxylic acids is 2. The van der Waals surface area contributed by atoms with Crippen molar-refractivity contribution < 1.29 is 22.7 Å². The molecule has 9 nitrogen and oxygen atoms in total. The van der Waals surface area contributed by atoms with E-state index in [2.05, 4.69) is 20.6 Å². The Hall–Kier alpha value is -3.92. The fourth-order valence-corrected chi connectivity index (χ4v) is 3.60. The van der Waals surface area contributed by atoms with Gasteiger partial charge in [-0.05, 0) is 42.5 Å². The van der Waals surface area contributed by atoms with Gasteiger partial charge in [0.05, 0.1) is 17.7 Å². The predicted molar refractivity (Wildman–Crippen MR) is 109 cm³/mol. The number of sulfonamides is 1. The highest BCUT2D eigenvalue weighted by Gasteiger charge is 2.18. The number of anilines is 1. The molecule has 0 fully saturated rings. The first kappa shape index (κ1) is 20.8. The maximum atomic E-state index is 12.7. The minimum absolute atomic E-state index is 0.0409. The van der Waals surface area contributed by atoms with Crippen molar-refractivity contribution >= 4 is 27.5 Å². The molecule has 30 heavy (non-hydrogen) atoms. The lowest BCUT2D eigenvalue weighted by Crippen LogP contribution is -2.42. The summed E-state index contributed by atoms with van der Waals surface area (Å²) in [5, 5.41) is 0. The van der Waals surface area contributed by atoms with E-state index in [-0.39, 0.29) is 21.8 Å². The van der Waals surface area contributed by atoms with Crippen molar-refractivity contribution in [2.75, 3.05) is 11.8 Å². The second-order valence-corrected chi connectivity index (χ2v) is 7.64. The third kappa shape index (κ3) is 4.92. The Bertz CT molecular complexity index is 1170. The van der Waals surface area contributed by atoms with Crippen molar-refractivity contribution in [2.24, 2.45) is 0 Å². The number of amides is 2. The van der Waals surface area contributed by atoms with Crippen molar-refractivity contribution in [3.05, 3.63) is 84.2 Å². The fourth-order valence-electron chi connectivity index (χ4n) is 2.48. The molecular weight excluding hydrogens is 408 g/mol. The summed E-state index contributed by atoms with van der Waals surface area (Å²) in [5.41, 5.74) is 4.88. The Morgan fingerprint density at radius 2 is 1.63 bits per heavy atom. The molecule has 0 saturated heterocycles.